The molecular weight excluding hydrogens is 217 g/mol. The van der Waals surface area contributed by atoms with Crippen molar-refractivity contribution in [2.45, 2.75) is 13.0 Å². The summed E-state index contributed by atoms with van der Waals surface area (Å²) in [5.74, 6) is -0.401. The van der Waals surface area contributed by atoms with Gasteiger partial charge < -0.3 is 10.8 Å². The molecule has 0 radical (unpaired) electrons. The number of nitrogens with two attached hydrogens (primary N) is 1. The monoisotopic (exact) mass is 231 g/mol. The van der Waals surface area contributed by atoms with E-state index < -0.39 is 11.9 Å². The van der Waals surface area contributed by atoms with E-state index in [9.17, 15) is 9.50 Å². The molecule has 17 heavy (non-hydrogen) atoms. The molecule has 2 nitrogen and oxygen atoms in total. The molecule has 1 unspecified atom stereocenters. The molecule has 2 aromatic rings. The van der Waals surface area contributed by atoms with E-state index in [0.717, 1.165) is 11.1 Å². The molecule has 0 heterocycles. The highest BCUT2D eigenvalue weighted by Gasteiger charge is 2.15. The van der Waals surface area contributed by atoms with E-state index in [0.29, 0.717) is 11.3 Å². The zero-order valence-electron chi connectivity index (χ0n) is 9.52. The molecule has 0 saturated heterocycles. The Bertz CT molecular complexity index is 539. The number of hydrogen-bond donors (Lipinski definition) is 2. The van der Waals surface area contributed by atoms with Gasteiger partial charge in [-0.15, -0.1) is 0 Å². The number of nitrogen functional groups attached to an aromatic ring is 1. The van der Waals surface area contributed by atoms with Gasteiger partial charge in [0.15, 0.2) is 0 Å². The normalized spacial score (nSPS) is 12.4. The van der Waals surface area contributed by atoms with Gasteiger partial charge in [-0.3, -0.25) is 0 Å². The number of aliphatic hydroxyl groups excluding tert-OH is 1. The summed E-state index contributed by atoms with van der Waals surface area (Å²) in [4.78, 5) is 0. The van der Waals surface area contributed by atoms with Gasteiger partial charge >= 0.3 is 0 Å². The Balaban J connectivity index is 2.47. The van der Waals surface area contributed by atoms with Crippen LogP contribution in [0.2, 0.25) is 0 Å². The molecule has 2 rings (SSSR count). The van der Waals surface area contributed by atoms with Crippen LogP contribution in [-0.2, 0) is 0 Å². The van der Waals surface area contributed by atoms with Gasteiger partial charge in [-0.1, -0.05) is 24.3 Å². The second kappa shape index (κ2) is 4.55. The minimum Gasteiger partial charge on any atom is -0.398 e. The highest BCUT2D eigenvalue weighted by molar-refractivity contribution is 5.51. The van der Waals surface area contributed by atoms with Crippen LogP contribution >= 0.6 is 0 Å². The van der Waals surface area contributed by atoms with Crippen molar-refractivity contribution >= 4 is 5.69 Å². The number of rotatable bonds is 2. The molecule has 0 aliphatic heterocycles. The van der Waals surface area contributed by atoms with Crippen LogP contribution in [0.5, 0.6) is 0 Å². The van der Waals surface area contributed by atoms with Crippen LogP contribution in [0.3, 0.4) is 0 Å². The Morgan fingerprint density at radius 3 is 2.53 bits per heavy atom. The fourth-order valence-electron chi connectivity index (χ4n) is 1.84. The van der Waals surface area contributed by atoms with Gasteiger partial charge in [0.05, 0.1) is 0 Å². The molecular formula is C14H14FNO. The lowest BCUT2D eigenvalue weighted by atomic mass is 9.96. The molecule has 0 fully saturated rings. The molecule has 88 valence electrons. The molecule has 0 aliphatic carbocycles. The summed E-state index contributed by atoms with van der Waals surface area (Å²) in [6.07, 6.45) is -0.896. The van der Waals surface area contributed by atoms with E-state index in [2.05, 4.69) is 0 Å². The standard InChI is InChI=1S/C14H14FNO/c1-9-4-2-3-5-11(9)14(17)12-8-10(15)6-7-13(12)16/h2-8,14,17H,16H2,1H3. The summed E-state index contributed by atoms with van der Waals surface area (Å²) in [7, 11) is 0. The van der Waals surface area contributed by atoms with E-state index in [4.69, 9.17) is 5.73 Å². The molecule has 0 spiro atoms. The summed E-state index contributed by atoms with van der Waals surface area (Å²) < 4.78 is 13.2. The Morgan fingerprint density at radius 1 is 1.12 bits per heavy atom. The first kappa shape index (κ1) is 11.6. The summed E-state index contributed by atoms with van der Waals surface area (Å²) in [5, 5.41) is 10.2. The van der Waals surface area contributed by atoms with Crippen LogP contribution < -0.4 is 5.73 Å². The molecule has 0 saturated carbocycles. The van der Waals surface area contributed by atoms with Crippen molar-refractivity contribution in [3.05, 3.63) is 65.0 Å². The Kier molecular flexibility index (Phi) is 3.11. The lowest BCUT2D eigenvalue weighted by molar-refractivity contribution is 0.220. The zero-order chi connectivity index (χ0) is 12.4. The van der Waals surface area contributed by atoms with E-state index >= 15 is 0 Å². The minimum atomic E-state index is -0.896. The van der Waals surface area contributed by atoms with Gasteiger partial charge in [-0.05, 0) is 36.2 Å². The first-order valence-electron chi connectivity index (χ1n) is 5.38. The van der Waals surface area contributed by atoms with Gasteiger partial charge in [0, 0.05) is 11.3 Å². The van der Waals surface area contributed by atoms with Crippen LogP contribution in [0.1, 0.15) is 22.8 Å². The number of halogens is 1. The maximum absolute atomic E-state index is 13.2. The topological polar surface area (TPSA) is 46.2 Å². The molecule has 0 amide bonds. The maximum atomic E-state index is 13.2. The van der Waals surface area contributed by atoms with Crippen molar-refractivity contribution in [2.75, 3.05) is 5.73 Å². The molecule has 0 aliphatic rings. The average Bonchev–Trinajstić information content (AvgIpc) is 2.32. The molecule has 3 heteroatoms. The molecule has 1 atom stereocenters. The van der Waals surface area contributed by atoms with E-state index in [1.165, 1.54) is 18.2 Å². The lowest BCUT2D eigenvalue weighted by Crippen LogP contribution is -2.05. The van der Waals surface area contributed by atoms with E-state index in [1.54, 1.807) is 0 Å². The second-order valence-electron chi connectivity index (χ2n) is 4.03. The van der Waals surface area contributed by atoms with Gasteiger partial charge in [0.1, 0.15) is 11.9 Å². The average molecular weight is 231 g/mol. The van der Waals surface area contributed by atoms with Crippen LogP contribution in [-0.4, -0.2) is 5.11 Å². The minimum absolute atomic E-state index is 0.391. The predicted octanol–water partition coefficient (Wildman–Crippen LogP) is 2.80. The third kappa shape index (κ3) is 2.29. The van der Waals surface area contributed by atoms with Gasteiger partial charge in [0.25, 0.3) is 0 Å². The summed E-state index contributed by atoms with van der Waals surface area (Å²) in [6, 6.07) is 11.4. The SMILES string of the molecule is Cc1ccccc1C(O)c1cc(F)ccc1N. The zero-order valence-corrected chi connectivity index (χ0v) is 9.52. The molecule has 0 bridgehead atoms. The Labute approximate surface area is 99.5 Å². The third-order valence-corrected chi connectivity index (χ3v) is 2.83. The van der Waals surface area contributed by atoms with Crippen LogP contribution in [0.25, 0.3) is 0 Å². The largest absolute Gasteiger partial charge is 0.398 e. The van der Waals surface area contributed by atoms with E-state index in [1.807, 2.05) is 31.2 Å². The van der Waals surface area contributed by atoms with Crippen molar-refractivity contribution in [3.63, 3.8) is 0 Å². The highest BCUT2D eigenvalue weighted by atomic mass is 19.1. The van der Waals surface area contributed by atoms with Crippen molar-refractivity contribution < 1.29 is 9.50 Å². The van der Waals surface area contributed by atoms with Crippen molar-refractivity contribution in [1.82, 2.24) is 0 Å². The van der Waals surface area contributed by atoms with Gasteiger partial charge in [0.2, 0.25) is 0 Å². The molecule has 0 aromatic heterocycles. The summed E-state index contributed by atoms with van der Waals surface area (Å²) in [6.45, 7) is 1.90. The fourth-order valence-corrected chi connectivity index (χ4v) is 1.84. The van der Waals surface area contributed by atoms with Crippen molar-refractivity contribution in [3.8, 4) is 0 Å². The summed E-state index contributed by atoms with van der Waals surface area (Å²) in [5.41, 5.74) is 8.23. The fraction of sp³-hybridized carbons (Fsp3) is 0.143. The second-order valence-corrected chi connectivity index (χ2v) is 4.03. The lowest BCUT2D eigenvalue weighted by Gasteiger charge is -2.16. The third-order valence-electron chi connectivity index (χ3n) is 2.83. The molecule has 2 aromatic carbocycles. The number of hydrogen-bond acceptors (Lipinski definition) is 2. The number of aliphatic hydroxyl groups is 1. The summed E-state index contributed by atoms with van der Waals surface area (Å²) >= 11 is 0. The molecule has 3 N–H and O–H groups in total. The van der Waals surface area contributed by atoms with Crippen molar-refractivity contribution in [2.24, 2.45) is 0 Å². The van der Waals surface area contributed by atoms with Gasteiger partial charge in [-0.2, -0.15) is 0 Å². The predicted molar refractivity (Wildman–Crippen MR) is 66.1 cm³/mol. The van der Waals surface area contributed by atoms with Crippen LogP contribution in [0, 0.1) is 12.7 Å². The first-order valence-corrected chi connectivity index (χ1v) is 5.38. The van der Waals surface area contributed by atoms with Crippen LogP contribution in [0.15, 0.2) is 42.5 Å². The number of benzene rings is 2. The maximum Gasteiger partial charge on any atom is 0.123 e. The quantitative estimate of drug-likeness (QED) is 0.781. The highest BCUT2D eigenvalue weighted by Crippen LogP contribution is 2.28. The van der Waals surface area contributed by atoms with Gasteiger partial charge in [-0.25, -0.2) is 4.39 Å². The Morgan fingerprint density at radius 2 is 1.82 bits per heavy atom. The van der Waals surface area contributed by atoms with Crippen LogP contribution in [0.4, 0.5) is 10.1 Å². The Hall–Kier alpha value is -1.87. The number of anilines is 1. The van der Waals surface area contributed by atoms with Crippen molar-refractivity contribution in [1.29, 1.82) is 0 Å². The van der Waals surface area contributed by atoms with E-state index in [-0.39, 0.29) is 0 Å². The number of aryl methyl sites for hydroxylation is 1. The first-order chi connectivity index (χ1) is 8.09. The smallest absolute Gasteiger partial charge is 0.123 e.